The average Bonchev–Trinajstić information content (AvgIpc) is 3.64. The van der Waals surface area contributed by atoms with Crippen molar-refractivity contribution in [2.45, 2.75) is 39.0 Å². The van der Waals surface area contributed by atoms with Gasteiger partial charge in [-0.15, -0.1) is 11.3 Å². The van der Waals surface area contributed by atoms with Crippen LogP contribution < -0.4 is 16.2 Å². The molecular weight excluding hydrogens is 559 g/mol. The highest BCUT2D eigenvalue weighted by molar-refractivity contribution is 7.20. The lowest BCUT2D eigenvalue weighted by atomic mass is 10.0. The first-order valence-corrected chi connectivity index (χ1v) is 14.5. The van der Waals surface area contributed by atoms with Crippen LogP contribution in [-0.2, 0) is 16.0 Å². The predicted molar refractivity (Wildman–Crippen MR) is 160 cm³/mol. The van der Waals surface area contributed by atoms with Crippen LogP contribution in [0.25, 0.3) is 21.3 Å². The number of nitrogens with one attached hydrogen (secondary N) is 3. The Hall–Kier alpha value is -4.39. The van der Waals surface area contributed by atoms with Crippen LogP contribution >= 0.6 is 11.3 Å². The highest BCUT2D eigenvalue weighted by Crippen LogP contribution is 2.32. The van der Waals surface area contributed by atoms with E-state index in [0.717, 1.165) is 36.0 Å². The summed E-state index contributed by atoms with van der Waals surface area (Å²) in [4.78, 5) is 26.1. The first kappa shape index (κ1) is 27.8. The molecule has 1 saturated heterocycles. The Labute approximate surface area is 244 Å². The number of anilines is 3. The number of carbonyl (C=O) groups excluding carboxylic acids is 1. The number of benzene rings is 2. The number of rotatable bonds is 9. The summed E-state index contributed by atoms with van der Waals surface area (Å²) < 4.78 is 29.0. The molecule has 1 amide bonds. The van der Waals surface area contributed by atoms with E-state index in [1.165, 1.54) is 17.4 Å². The summed E-state index contributed by atoms with van der Waals surface area (Å²) in [5, 5.41) is 17.8. The van der Waals surface area contributed by atoms with Gasteiger partial charge in [-0.2, -0.15) is 10.2 Å². The van der Waals surface area contributed by atoms with Crippen LogP contribution in [-0.4, -0.2) is 45.4 Å². The molecule has 42 heavy (non-hydrogen) atoms. The van der Waals surface area contributed by atoms with E-state index in [1.54, 1.807) is 42.1 Å². The summed E-state index contributed by atoms with van der Waals surface area (Å²) in [6.45, 7) is 3.41. The van der Waals surface area contributed by atoms with Gasteiger partial charge in [0.05, 0.1) is 29.4 Å². The summed E-state index contributed by atoms with van der Waals surface area (Å²) in [5.74, 6) is -0.504. The lowest BCUT2D eigenvalue weighted by Gasteiger charge is -2.22. The zero-order valence-corrected chi connectivity index (χ0v) is 23.7. The van der Waals surface area contributed by atoms with Crippen molar-refractivity contribution in [2.75, 3.05) is 23.8 Å². The fourth-order valence-corrected chi connectivity index (χ4v) is 5.78. The summed E-state index contributed by atoms with van der Waals surface area (Å²) >= 11 is 1.34. The van der Waals surface area contributed by atoms with Gasteiger partial charge in [0.1, 0.15) is 11.5 Å². The summed E-state index contributed by atoms with van der Waals surface area (Å²) in [6.07, 6.45) is 4.69. The standard InChI is InChI=1S/C30H29FN6O4S/c1-18-20(9-10-21(31)28(18)33-30(39)25-16-19-6-2-3-7-24(19)42-25)22-17-23(29(38)35-34-22)32-26-11-12-37(36-26)13-15-41-27-8-4-5-14-40-27/h2-3,6-7,9-12,16-17,27H,4-5,8,13-15H2,1H3,(H,33,39)(H,35,38)(H,32,34,36). The molecule has 1 aliphatic heterocycles. The highest BCUT2D eigenvalue weighted by atomic mass is 32.1. The molecule has 3 N–H and O–H groups in total. The topological polar surface area (TPSA) is 123 Å². The van der Waals surface area contributed by atoms with Gasteiger partial charge in [0.2, 0.25) is 0 Å². The van der Waals surface area contributed by atoms with Crippen LogP contribution in [0.4, 0.5) is 21.6 Å². The van der Waals surface area contributed by atoms with Crippen LogP contribution in [0.1, 0.15) is 34.5 Å². The van der Waals surface area contributed by atoms with E-state index in [2.05, 4.69) is 25.9 Å². The van der Waals surface area contributed by atoms with E-state index in [9.17, 15) is 14.0 Å². The van der Waals surface area contributed by atoms with Gasteiger partial charge in [-0.05, 0) is 67.5 Å². The normalized spacial score (nSPS) is 15.1. The third-order valence-electron chi connectivity index (χ3n) is 7.05. The van der Waals surface area contributed by atoms with Crippen molar-refractivity contribution < 1.29 is 18.7 Å². The maximum absolute atomic E-state index is 14.9. The molecule has 3 aromatic heterocycles. The van der Waals surface area contributed by atoms with E-state index in [1.807, 2.05) is 24.3 Å². The van der Waals surface area contributed by atoms with E-state index >= 15 is 0 Å². The molecule has 0 saturated carbocycles. The smallest absolute Gasteiger partial charge is 0.287 e. The Bertz CT molecular complexity index is 1760. The molecule has 4 heterocycles. The molecule has 1 fully saturated rings. The minimum Gasteiger partial charge on any atom is -0.353 e. The second-order valence-electron chi connectivity index (χ2n) is 9.95. The first-order chi connectivity index (χ1) is 20.4. The van der Waals surface area contributed by atoms with Gasteiger partial charge >= 0.3 is 0 Å². The highest BCUT2D eigenvalue weighted by Gasteiger charge is 2.19. The van der Waals surface area contributed by atoms with Gasteiger partial charge < -0.3 is 20.1 Å². The number of aromatic amines is 1. The van der Waals surface area contributed by atoms with Crippen molar-refractivity contribution in [3.8, 4) is 11.3 Å². The van der Waals surface area contributed by atoms with Crippen molar-refractivity contribution in [1.29, 1.82) is 0 Å². The molecule has 10 nitrogen and oxygen atoms in total. The van der Waals surface area contributed by atoms with E-state index in [0.29, 0.717) is 40.7 Å². The van der Waals surface area contributed by atoms with Gasteiger partial charge in [0, 0.05) is 29.1 Å². The van der Waals surface area contributed by atoms with Crippen molar-refractivity contribution in [3.63, 3.8) is 0 Å². The number of H-pyrrole nitrogens is 1. The molecule has 0 aliphatic carbocycles. The first-order valence-electron chi connectivity index (χ1n) is 13.7. The molecule has 2 aromatic carbocycles. The number of nitrogens with zero attached hydrogens (tertiary/aromatic N) is 3. The van der Waals surface area contributed by atoms with E-state index in [-0.39, 0.29) is 17.7 Å². The molecule has 0 spiro atoms. The number of ether oxygens (including phenoxy) is 2. The van der Waals surface area contributed by atoms with E-state index in [4.69, 9.17) is 9.47 Å². The van der Waals surface area contributed by atoms with Crippen molar-refractivity contribution in [3.05, 3.63) is 87.4 Å². The van der Waals surface area contributed by atoms with Crippen LogP contribution in [0.15, 0.2) is 65.6 Å². The number of hydrogen-bond donors (Lipinski definition) is 3. The maximum atomic E-state index is 14.9. The molecule has 0 bridgehead atoms. The fourth-order valence-electron chi connectivity index (χ4n) is 4.83. The van der Waals surface area contributed by atoms with E-state index < -0.39 is 17.3 Å². The molecule has 216 valence electrons. The molecule has 6 rings (SSSR count). The number of carbonyl (C=O) groups is 1. The summed E-state index contributed by atoms with van der Waals surface area (Å²) in [5.41, 5.74) is 1.25. The Balaban J connectivity index is 1.17. The molecule has 1 aliphatic rings. The van der Waals surface area contributed by atoms with Gasteiger partial charge in [-0.1, -0.05) is 18.2 Å². The summed E-state index contributed by atoms with van der Waals surface area (Å²) in [7, 11) is 0. The minimum atomic E-state index is -0.571. The molecule has 5 aromatic rings. The second kappa shape index (κ2) is 12.2. The number of hydrogen-bond acceptors (Lipinski definition) is 8. The average molecular weight is 589 g/mol. The van der Waals surface area contributed by atoms with Crippen molar-refractivity contribution >= 4 is 44.5 Å². The van der Waals surface area contributed by atoms with Gasteiger partial charge in [-0.25, -0.2) is 9.49 Å². The summed E-state index contributed by atoms with van der Waals surface area (Å²) in [6, 6.07) is 15.6. The number of fused-ring (bicyclic) bond motifs is 1. The monoisotopic (exact) mass is 588 g/mol. The largest absolute Gasteiger partial charge is 0.353 e. The zero-order valence-electron chi connectivity index (χ0n) is 22.9. The Morgan fingerprint density at radius 3 is 2.93 bits per heavy atom. The van der Waals surface area contributed by atoms with Gasteiger partial charge in [0.15, 0.2) is 12.1 Å². The fraction of sp³-hybridized carbons (Fsp3) is 0.267. The number of amides is 1. The Kier molecular flexibility index (Phi) is 8.08. The quantitative estimate of drug-likeness (QED) is 0.198. The lowest BCUT2D eigenvalue weighted by Crippen LogP contribution is -2.24. The molecule has 1 atom stereocenters. The zero-order chi connectivity index (χ0) is 29.1. The lowest BCUT2D eigenvalue weighted by molar-refractivity contribution is -0.163. The minimum absolute atomic E-state index is 0.0528. The van der Waals surface area contributed by atoms with Crippen LogP contribution in [0, 0.1) is 12.7 Å². The Morgan fingerprint density at radius 1 is 1.21 bits per heavy atom. The maximum Gasteiger partial charge on any atom is 0.287 e. The third kappa shape index (κ3) is 6.10. The number of halogens is 1. The number of aromatic nitrogens is 4. The predicted octanol–water partition coefficient (Wildman–Crippen LogP) is 5.83. The van der Waals surface area contributed by atoms with Crippen molar-refractivity contribution in [1.82, 2.24) is 20.0 Å². The van der Waals surface area contributed by atoms with Crippen molar-refractivity contribution in [2.24, 2.45) is 0 Å². The van der Waals surface area contributed by atoms with Crippen LogP contribution in [0.3, 0.4) is 0 Å². The molecular formula is C30H29FN6O4S. The molecule has 0 radical (unpaired) electrons. The number of thiophene rings is 1. The molecule has 12 heteroatoms. The Morgan fingerprint density at radius 2 is 2.10 bits per heavy atom. The van der Waals surface area contributed by atoms with Crippen LogP contribution in [0.2, 0.25) is 0 Å². The third-order valence-corrected chi connectivity index (χ3v) is 8.16. The SMILES string of the molecule is Cc1c(-c2cc(Nc3ccn(CCOC4CCCCO4)n3)c(=O)[nH]n2)ccc(F)c1NC(=O)c1cc2ccccc2s1. The van der Waals surface area contributed by atoms with Gasteiger partial charge in [-0.3, -0.25) is 14.3 Å². The van der Waals surface area contributed by atoms with Gasteiger partial charge in [0.25, 0.3) is 11.5 Å². The molecule has 1 unspecified atom stereocenters. The van der Waals surface area contributed by atoms with Crippen LogP contribution in [0.5, 0.6) is 0 Å². The second-order valence-corrected chi connectivity index (χ2v) is 11.0.